The minimum absolute atomic E-state index is 0.0876. The highest BCUT2D eigenvalue weighted by molar-refractivity contribution is 6.00. The summed E-state index contributed by atoms with van der Waals surface area (Å²) >= 11 is 0. The number of hydrogen-bond acceptors (Lipinski definition) is 4. The van der Waals surface area contributed by atoms with E-state index < -0.39 is 34.6 Å². The molecular formula is C14H14O6. The summed E-state index contributed by atoms with van der Waals surface area (Å²) in [5, 5.41) is 38.3. The number of benzene rings is 1. The monoisotopic (exact) mass is 278 g/mol. The third-order valence-electron chi connectivity index (χ3n) is 2.77. The summed E-state index contributed by atoms with van der Waals surface area (Å²) in [7, 11) is 0. The molecule has 0 heterocycles. The van der Waals surface area contributed by atoms with Crippen LogP contribution in [-0.4, -0.2) is 32.4 Å². The molecule has 0 amide bonds. The fourth-order valence-corrected chi connectivity index (χ4v) is 1.97. The van der Waals surface area contributed by atoms with E-state index in [0.29, 0.717) is 0 Å². The van der Waals surface area contributed by atoms with Crippen LogP contribution in [0.1, 0.15) is 31.8 Å². The van der Waals surface area contributed by atoms with Crippen molar-refractivity contribution in [2.45, 2.75) is 12.8 Å². The average Bonchev–Trinajstić information content (AvgIpc) is 2.35. The summed E-state index contributed by atoms with van der Waals surface area (Å²) in [6, 6.07) is 0. The fourth-order valence-electron chi connectivity index (χ4n) is 1.97. The molecule has 1 rings (SSSR count). The summed E-state index contributed by atoms with van der Waals surface area (Å²) in [5.41, 5.74) is -1.42. The molecule has 0 aromatic heterocycles. The van der Waals surface area contributed by atoms with Gasteiger partial charge in [-0.3, -0.25) is 0 Å². The van der Waals surface area contributed by atoms with E-state index in [0.717, 1.165) is 0 Å². The molecule has 6 heteroatoms. The third-order valence-corrected chi connectivity index (χ3v) is 2.77. The summed E-state index contributed by atoms with van der Waals surface area (Å²) in [6.45, 7) is 6.82. The van der Waals surface area contributed by atoms with Crippen molar-refractivity contribution in [2.24, 2.45) is 0 Å². The van der Waals surface area contributed by atoms with E-state index in [2.05, 4.69) is 13.2 Å². The second kappa shape index (κ2) is 5.92. The van der Waals surface area contributed by atoms with Gasteiger partial charge in [0.1, 0.15) is 22.6 Å². The number of carboxylic acids is 2. The Hall–Kier alpha value is -2.76. The van der Waals surface area contributed by atoms with Gasteiger partial charge >= 0.3 is 11.9 Å². The van der Waals surface area contributed by atoms with E-state index in [1.165, 1.54) is 12.2 Å². The zero-order valence-corrected chi connectivity index (χ0v) is 10.6. The molecule has 0 fully saturated rings. The maximum absolute atomic E-state index is 11.2. The van der Waals surface area contributed by atoms with Crippen molar-refractivity contribution < 1.29 is 30.0 Å². The first kappa shape index (κ1) is 15.3. The molecule has 0 atom stereocenters. The second-order valence-electron chi connectivity index (χ2n) is 4.00. The maximum Gasteiger partial charge on any atom is 0.339 e. The topological polar surface area (TPSA) is 115 Å². The van der Waals surface area contributed by atoms with Gasteiger partial charge in [0.15, 0.2) is 0 Å². The predicted octanol–water partition coefficient (Wildman–Crippen LogP) is 1.95. The molecule has 0 unspecified atom stereocenters. The highest BCUT2D eigenvalue weighted by atomic mass is 16.4. The lowest BCUT2D eigenvalue weighted by Crippen LogP contribution is -2.11. The van der Waals surface area contributed by atoms with Crippen molar-refractivity contribution in [3.8, 4) is 11.5 Å². The molecule has 1 aromatic carbocycles. The molecule has 1 aromatic rings. The number of carboxylic acid groups (broad SMARTS) is 2. The lowest BCUT2D eigenvalue weighted by Gasteiger charge is -2.16. The molecule has 0 aliphatic carbocycles. The number of rotatable bonds is 6. The molecule has 0 radical (unpaired) electrons. The van der Waals surface area contributed by atoms with E-state index in [-0.39, 0.29) is 24.0 Å². The van der Waals surface area contributed by atoms with Gasteiger partial charge in [0, 0.05) is 11.1 Å². The standard InChI is InChI=1S/C14H14O6/c1-3-5-7-9(13(17)18)12(16)8(6-4-2)10(11(7)15)14(19)20/h3-4,15-16H,1-2,5-6H2,(H,17,18)(H,19,20). The third kappa shape index (κ3) is 2.49. The smallest absolute Gasteiger partial charge is 0.339 e. The molecule has 0 spiro atoms. The van der Waals surface area contributed by atoms with Crippen LogP contribution in [-0.2, 0) is 12.8 Å². The van der Waals surface area contributed by atoms with Crippen molar-refractivity contribution in [1.29, 1.82) is 0 Å². The zero-order chi connectivity index (χ0) is 15.4. The van der Waals surface area contributed by atoms with Crippen molar-refractivity contribution in [1.82, 2.24) is 0 Å². The summed E-state index contributed by atoms with van der Waals surface area (Å²) in [6.07, 6.45) is 2.44. The van der Waals surface area contributed by atoms with Gasteiger partial charge in [-0.25, -0.2) is 9.59 Å². The van der Waals surface area contributed by atoms with Crippen LogP contribution in [0.3, 0.4) is 0 Å². The van der Waals surface area contributed by atoms with Gasteiger partial charge < -0.3 is 20.4 Å². The summed E-state index contributed by atoms with van der Waals surface area (Å²) in [5.74, 6) is -4.28. The SMILES string of the molecule is C=CCc1c(O)c(C(=O)O)c(CC=C)c(O)c1C(=O)O. The Morgan fingerprint density at radius 2 is 1.15 bits per heavy atom. The first-order valence-corrected chi connectivity index (χ1v) is 5.64. The molecule has 0 saturated carbocycles. The highest BCUT2D eigenvalue weighted by Crippen LogP contribution is 2.38. The van der Waals surface area contributed by atoms with Crippen molar-refractivity contribution in [3.63, 3.8) is 0 Å². The molecule has 106 valence electrons. The zero-order valence-electron chi connectivity index (χ0n) is 10.6. The van der Waals surface area contributed by atoms with Crippen molar-refractivity contribution >= 4 is 11.9 Å². The van der Waals surface area contributed by atoms with Crippen LogP contribution < -0.4 is 0 Å². The van der Waals surface area contributed by atoms with Crippen LogP contribution in [0.25, 0.3) is 0 Å². The van der Waals surface area contributed by atoms with E-state index in [1.54, 1.807) is 0 Å². The number of aromatic carboxylic acids is 2. The van der Waals surface area contributed by atoms with E-state index in [9.17, 15) is 19.8 Å². The predicted molar refractivity (Wildman–Crippen MR) is 71.5 cm³/mol. The first-order chi connectivity index (χ1) is 9.36. The second-order valence-corrected chi connectivity index (χ2v) is 4.00. The summed E-state index contributed by atoms with van der Waals surface area (Å²) in [4.78, 5) is 22.5. The van der Waals surface area contributed by atoms with Crippen LogP contribution in [0.15, 0.2) is 25.3 Å². The van der Waals surface area contributed by atoms with Crippen molar-refractivity contribution in [2.75, 3.05) is 0 Å². The Labute approximate surface area is 114 Å². The Kier molecular flexibility index (Phi) is 4.53. The van der Waals surface area contributed by atoms with Gasteiger partial charge in [-0.15, -0.1) is 13.2 Å². The quantitative estimate of drug-likeness (QED) is 0.467. The molecule has 20 heavy (non-hydrogen) atoms. The Balaban J connectivity index is 3.87. The molecule has 0 aliphatic rings. The summed E-state index contributed by atoms with van der Waals surface area (Å²) < 4.78 is 0. The number of carbonyl (C=O) groups is 2. The van der Waals surface area contributed by atoms with Gasteiger partial charge in [0.05, 0.1) is 0 Å². The minimum atomic E-state index is -1.46. The highest BCUT2D eigenvalue weighted by Gasteiger charge is 2.29. The van der Waals surface area contributed by atoms with Crippen LogP contribution >= 0.6 is 0 Å². The molecule has 0 saturated heterocycles. The van der Waals surface area contributed by atoms with Crippen LogP contribution in [0.5, 0.6) is 11.5 Å². The lowest BCUT2D eigenvalue weighted by atomic mass is 9.91. The van der Waals surface area contributed by atoms with Crippen LogP contribution in [0, 0.1) is 0 Å². The minimum Gasteiger partial charge on any atom is -0.507 e. The molecule has 0 bridgehead atoms. The number of phenols is 2. The van der Waals surface area contributed by atoms with Crippen LogP contribution in [0.4, 0.5) is 0 Å². The van der Waals surface area contributed by atoms with Gasteiger partial charge in [0.25, 0.3) is 0 Å². The maximum atomic E-state index is 11.2. The van der Waals surface area contributed by atoms with Gasteiger partial charge in [0.2, 0.25) is 0 Å². The number of allylic oxidation sites excluding steroid dienone is 2. The lowest BCUT2D eigenvalue weighted by molar-refractivity contribution is 0.0672. The Morgan fingerprint density at radius 3 is 1.35 bits per heavy atom. The number of aromatic hydroxyl groups is 2. The van der Waals surface area contributed by atoms with Gasteiger partial charge in [-0.1, -0.05) is 12.2 Å². The van der Waals surface area contributed by atoms with Crippen molar-refractivity contribution in [3.05, 3.63) is 47.6 Å². The molecule has 0 aliphatic heterocycles. The van der Waals surface area contributed by atoms with E-state index in [1.807, 2.05) is 0 Å². The Morgan fingerprint density at radius 1 is 0.850 bits per heavy atom. The molecule has 6 nitrogen and oxygen atoms in total. The largest absolute Gasteiger partial charge is 0.507 e. The van der Waals surface area contributed by atoms with E-state index in [4.69, 9.17) is 10.2 Å². The average molecular weight is 278 g/mol. The Bertz CT molecular complexity index is 547. The van der Waals surface area contributed by atoms with E-state index >= 15 is 0 Å². The number of hydrogen-bond donors (Lipinski definition) is 4. The first-order valence-electron chi connectivity index (χ1n) is 5.64. The molecule has 4 N–H and O–H groups in total. The fraction of sp³-hybridized carbons (Fsp3) is 0.143. The normalized spacial score (nSPS) is 10.0. The van der Waals surface area contributed by atoms with Gasteiger partial charge in [-0.05, 0) is 12.8 Å². The van der Waals surface area contributed by atoms with Crippen LogP contribution in [0.2, 0.25) is 0 Å². The molecular weight excluding hydrogens is 264 g/mol. The van der Waals surface area contributed by atoms with Gasteiger partial charge in [-0.2, -0.15) is 0 Å².